The third-order valence-electron chi connectivity index (χ3n) is 4.98. The van der Waals surface area contributed by atoms with E-state index >= 15 is 0 Å². The van der Waals surface area contributed by atoms with Gasteiger partial charge in [0.1, 0.15) is 0 Å². The Morgan fingerprint density at radius 1 is 1.19 bits per heavy atom. The van der Waals surface area contributed by atoms with Crippen LogP contribution in [0.25, 0.3) is 21.7 Å². The molecule has 0 fully saturated rings. The summed E-state index contributed by atoms with van der Waals surface area (Å²) in [6.07, 6.45) is 11.7. The molecule has 0 aliphatic heterocycles. The highest BCUT2D eigenvalue weighted by Gasteiger charge is 2.13. The van der Waals surface area contributed by atoms with Crippen LogP contribution in [0.15, 0.2) is 65.3 Å². The lowest BCUT2D eigenvalue weighted by Gasteiger charge is -2.13. The van der Waals surface area contributed by atoms with Gasteiger partial charge in [-0.2, -0.15) is 0 Å². The van der Waals surface area contributed by atoms with Gasteiger partial charge in [-0.25, -0.2) is 0 Å². The molecule has 1 aromatic carbocycles. The summed E-state index contributed by atoms with van der Waals surface area (Å²) in [6, 6.07) is 7.38. The third kappa shape index (κ3) is 3.16. The maximum atomic E-state index is 12.8. The van der Waals surface area contributed by atoms with Crippen LogP contribution in [-0.4, -0.2) is 22.0 Å². The van der Waals surface area contributed by atoms with Gasteiger partial charge in [-0.05, 0) is 48.9 Å². The summed E-state index contributed by atoms with van der Waals surface area (Å²) in [5.41, 5.74) is 2.37. The van der Waals surface area contributed by atoms with Crippen LogP contribution in [0.5, 0.6) is 0 Å². The van der Waals surface area contributed by atoms with Crippen LogP contribution in [0.2, 0.25) is 0 Å². The second-order valence-electron chi connectivity index (χ2n) is 6.64. The fraction of sp³-hybridized carbons (Fsp3) is 0.227. The molecule has 0 atom stereocenters. The van der Waals surface area contributed by atoms with Crippen molar-refractivity contribution in [1.82, 2.24) is 14.9 Å². The van der Waals surface area contributed by atoms with Gasteiger partial charge < -0.3 is 9.88 Å². The Morgan fingerprint density at radius 3 is 2.85 bits per heavy atom. The Bertz CT molecular complexity index is 1160. The molecule has 136 valence electrons. The molecule has 1 N–H and O–H groups in total. The quantitative estimate of drug-likeness (QED) is 0.724. The van der Waals surface area contributed by atoms with Crippen LogP contribution in [-0.2, 0) is 6.54 Å². The number of hydrogen-bond donors (Lipinski definition) is 1. The number of fused-ring (bicyclic) bond motifs is 3. The van der Waals surface area contributed by atoms with Crippen molar-refractivity contribution in [2.24, 2.45) is 0 Å². The number of carbonyl (C=O) groups is 1. The van der Waals surface area contributed by atoms with E-state index < -0.39 is 0 Å². The average molecular weight is 359 g/mol. The topological polar surface area (TPSA) is 64.0 Å². The van der Waals surface area contributed by atoms with E-state index in [1.54, 1.807) is 23.0 Å². The van der Waals surface area contributed by atoms with Crippen molar-refractivity contribution in [3.05, 3.63) is 76.4 Å². The zero-order chi connectivity index (χ0) is 18.8. The van der Waals surface area contributed by atoms with E-state index in [-0.39, 0.29) is 11.5 Å². The fourth-order valence-electron chi connectivity index (χ4n) is 3.58. The van der Waals surface area contributed by atoms with Gasteiger partial charge in [-0.15, -0.1) is 0 Å². The van der Waals surface area contributed by atoms with Crippen molar-refractivity contribution in [2.75, 3.05) is 6.54 Å². The van der Waals surface area contributed by atoms with Crippen LogP contribution in [0.4, 0.5) is 0 Å². The maximum absolute atomic E-state index is 12.8. The highest BCUT2D eigenvalue weighted by Crippen LogP contribution is 2.23. The number of pyridine rings is 2. The summed E-state index contributed by atoms with van der Waals surface area (Å²) in [4.78, 5) is 29.5. The number of amides is 1. The number of allylic oxidation sites excluding steroid dienone is 2. The summed E-state index contributed by atoms with van der Waals surface area (Å²) in [5.74, 6) is -0.137. The lowest BCUT2D eigenvalue weighted by Crippen LogP contribution is -2.26. The normalized spacial score (nSPS) is 13.7. The number of aryl methyl sites for hydroxylation is 1. The van der Waals surface area contributed by atoms with Crippen molar-refractivity contribution in [3.63, 3.8) is 0 Å². The number of hydrogen-bond acceptors (Lipinski definition) is 3. The molecule has 5 nitrogen and oxygen atoms in total. The third-order valence-corrected chi connectivity index (χ3v) is 4.98. The molecule has 2 aromatic heterocycles. The molecule has 0 saturated carbocycles. The van der Waals surface area contributed by atoms with E-state index in [9.17, 15) is 9.59 Å². The smallest absolute Gasteiger partial charge is 0.260 e. The number of carbonyl (C=O) groups excluding carboxylic acids is 1. The molecule has 1 aliphatic rings. The zero-order valence-corrected chi connectivity index (χ0v) is 15.2. The molecule has 5 heteroatoms. The highest BCUT2D eigenvalue weighted by molar-refractivity contribution is 6.07. The fourth-order valence-corrected chi connectivity index (χ4v) is 3.58. The van der Waals surface area contributed by atoms with Gasteiger partial charge in [0.05, 0.1) is 10.9 Å². The number of aromatic nitrogens is 2. The molecule has 27 heavy (non-hydrogen) atoms. The minimum atomic E-state index is -0.137. The Labute approximate surface area is 157 Å². The van der Waals surface area contributed by atoms with Gasteiger partial charge in [0.15, 0.2) is 0 Å². The Hall–Kier alpha value is -3.21. The minimum Gasteiger partial charge on any atom is -0.348 e. The van der Waals surface area contributed by atoms with Crippen molar-refractivity contribution >= 4 is 27.6 Å². The summed E-state index contributed by atoms with van der Waals surface area (Å²) in [7, 11) is 0. The minimum absolute atomic E-state index is 0.0804. The van der Waals surface area contributed by atoms with Crippen molar-refractivity contribution < 1.29 is 4.79 Å². The second-order valence-corrected chi connectivity index (χ2v) is 6.64. The van der Waals surface area contributed by atoms with Gasteiger partial charge in [-0.3, -0.25) is 14.6 Å². The number of benzene rings is 1. The molecule has 1 amide bonds. The largest absolute Gasteiger partial charge is 0.348 e. The summed E-state index contributed by atoms with van der Waals surface area (Å²) >= 11 is 0. The molecule has 0 spiro atoms. The first-order chi connectivity index (χ1) is 13.2. The lowest BCUT2D eigenvalue weighted by molar-refractivity contribution is 0.0957. The van der Waals surface area contributed by atoms with Gasteiger partial charge in [0.2, 0.25) is 0 Å². The SMILES string of the molecule is CCn1c(=O)c2cnccc2c2ccc(C(=O)NCC3=CCCC=C3)cc21. The Balaban J connectivity index is 1.74. The van der Waals surface area contributed by atoms with Gasteiger partial charge in [-0.1, -0.05) is 24.3 Å². The van der Waals surface area contributed by atoms with Crippen molar-refractivity contribution in [2.45, 2.75) is 26.3 Å². The predicted molar refractivity (Wildman–Crippen MR) is 108 cm³/mol. The molecular formula is C22H21N3O2. The standard InChI is InChI=1S/C22H21N3O2/c1-2-25-20-12-16(21(26)24-13-15-6-4-3-5-7-15)8-9-18(20)17-10-11-23-14-19(17)22(25)27/h4,6-12,14H,2-3,5,13H2,1H3,(H,24,26). The number of nitrogens with zero attached hydrogens (tertiary/aromatic N) is 2. The molecule has 3 aromatic rings. The van der Waals surface area contributed by atoms with E-state index in [2.05, 4.69) is 28.5 Å². The lowest BCUT2D eigenvalue weighted by atomic mass is 10.0. The molecule has 0 unspecified atom stereocenters. The predicted octanol–water partition coefficient (Wildman–Crippen LogP) is 3.58. The van der Waals surface area contributed by atoms with Gasteiger partial charge in [0.25, 0.3) is 11.5 Å². The molecule has 0 bridgehead atoms. The van der Waals surface area contributed by atoms with Crippen LogP contribution in [0.1, 0.15) is 30.1 Å². The molecule has 2 heterocycles. The first-order valence-electron chi connectivity index (χ1n) is 9.23. The van der Waals surface area contributed by atoms with E-state index in [0.29, 0.717) is 24.0 Å². The van der Waals surface area contributed by atoms with Gasteiger partial charge in [0, 0.05) is 36.4 Å². The molecule has 0 saturated heterocycles. The van der Waals surface area contributed by atoms with Crippen LogP contribution >= 0.6 is 0 Å². The Morgan fingerprint density at radius 2 is 2.07 bits per heavy atom. The monoisotopic (exact) mass is 359 g/mol. The van der Waals surface area contributed by atoms with Crippen LogP contribution in [0.3, 0.4) is 0 Å². The van der Waals surface area contributed by atoms with E-state index in [4.69, 9.17) is 0 Å². The van der Waals surface area contributed by atoms with Crippen molar-refractivity contribution in [1.29, 1.82) is 0 Å². The van der Waals surface area contributed by atoms with E-state index in [1.165, 1.54) is 0 Å². The number of nitrogens with one attached hydrogen (secondary N) is 1. The molecule has 4 rings (SSSR count). The maximum Gasteiger partial charge on any atom is 0.260 e. The number of rotatable bonds is 4. The molecule has 1 aliphatic carbocycles. The first kappa shape index (κ1) is 17.2. The summed E-state index contributed by atoms with van der Waals surface area (Å²) < 4.78 is 1.70. The molecular weight excluding hydrogens is 338 g/mol. The van der Waals surface area contributed by atoms with E-state index in [1.807, 2.05) is 25.1 Å². The zero-order valence-electron chi connectivity index (χ0n) is 15.2. The molecule has 0 radical (unpaired) electrons. The van der Waals surface area contributed by atoms with Crippen LogP contribution < -0.4 is 10.9 Å². The van der Waals surface area contributed by atoms with Crippen LogP contribution in [0, 0.1) is 0 Å². The Kier molecular flexibility index (Phi) is 4.59. The first-order valence-corrected chi connectivity index (χ1v) is 9.23. The summed E-state index contributed by atoms with van der Waals surface area (Å²) in [5, 5.41) is 5.37. The average Bonchev–Trinajstić information content (AvgIpc) is 2.73. The van der Waals surface area contributed by atoms with E-state index in [0.717, 1.165) is 34.7 Å². The van der Waals surface area contributed by atoms with Crippen molar-refractivity contribution in [3.8, 4) is 0 Å². The second kappa shape index (κ2) is 7.19. The highest BCUT2D eigenvalue weighted by atomic mass is 16.1. The summed E-state index contributed by atoms with van der Waals surface area (Å²) in [6.45, 7) is 2.97. The van der Waals surface area contributed by atoms with Gasteiger partial charge >= 0.3 is 0 Å².